The van der Waals surface area contributed by atoms with Gasteiger partial charge in [-0.1, -0.05) is 28.1 Å². The molecule has 3 amide bonds. The lowest BCUT2D eigenvalue weighted by molar-refractivity contribution is -0.140. The predicted molar refractivity (Wildman–Crippen MR) is 89.4 cm³/mol. The zero-order valence-corrected chi connectivity index (χ0v) is 14.4. The van der Waals surface area contributed by atoms with Gasteiger partial charge in [0.25, 0.3) is 0 Å². The fourth-order valence-corrected chi connectivity index (χ4v) is 3.44. The molecule has 3 rings (SSSR count). The molecule has 2 unspecified atom stereocenters. The standard InChI is InChI=1S/C17H16BrFN2O3/c18-10-5-6-14(13(19)9-10)20-15(22)7-8-21-16(23)11-3-1-2-4-12(11)17(21)24/h1-2,5-6,9,11-12H,3-4,7-8H2,(H,20,22). The van der Waals surface area contributed by atoms with Crippen LogP contribution in [-0.4, -0.2) is 29.2 Å². The first-order chi connectivity index (χ1) is 11.5. The van der Waals surface area contributed by atoms with Crippen LogP contribution in [0.3, 0.4) is 0 Å². The molecule has 24 heavy (non-hydrogen) atoms. The fourth-order valence-electron chi connectivity index (χ4n) is 3.11. The summed E-state index contributed by atoms with van der Waals surface area (Å²) in [6.07, 6.45) is 4.92. The van der Waals surface area contributed by atoms with E-state index in [2.05, 4.69) is 21.2 Å². The molecule has 1 aliphatic heterocycles. The van der Waals surface area contributed by atoms with Crippen LogP contribution in [-0.2, 0) is 14.4 Å². The van der Waals surface area contributed by atoms with Gasteiger partial charge in [0.2, 0.25) is 17.7 Å². The number of benzene rings is 1. The molecular formula is C17H16BrFN2O3. The average Bonchev–Trinajstić information content (AvgIpc) is 2.80. The van der Waals surface area contributed by atoms with E-state index in [4.69, 9.17) is 0 Å². The molecule has 2 atom stereocenters. The number of anilines is 1. The van der Waals surface area contributed by atoms with Gasteiger partial charge in [0, 0.05) is 17.4 Å². The van der Waals surface area contributed by atoms with Crippen molar-refractivity contribution >= 4 is 39.3 Å². The molecule has 0 saturated carbocycles. The van der Waals surface area contributed by atoms with Gasteiger partial charge in [0.1, 0.15) is 5.82 Å². The van der Waals surface area contributed by atoms with Crippen LogP contribution < -0.4 is 5.32 Å². The molecule has 1 fully saturated rings. The van der Waals surface area contributed by atoms with E-state index in [0.29, 0.717) is 17.3 Å². The number of imide groups is 1. The van der Waals surface area contributed by atoms with E-state index in [-0.39, 0.29) is 42.3 Å². The number of nitrogens with one attached hydrogen (secondary N) is 1. The Morgan fingerprint density at radius 2 is 1.83 bits per heavy atom. The second-order valence-corrected chi connectivity index (χ2v) is 6.82. The van der Waals surface area contributed by atoms with E-state index in [1.165, 1.54) is 17.0 Å². The lowest BCUT2D eigenvalue weighted by Gasteiger charge is -2.14. The number of nitrogens with zero attached hydrogens (tertiary/aromatic N) is 1. The molecule has 0 radical (unpaired) electrons. The summed E-state index contributed by atoms with van der Waals surface area (Å²) >= 11 is 3.14. The van der Waals surface area contributed by atoms with Crippen LogP contribution >= 0.6 is 15.9 Å². The number of allylic oxidation sites excluding steroid dienone is 2. The highest BCUT2D eigenvalue weighted by Gasteiger charge is 2.46. The highest BCUT2D eigenvalue weighted by atomic mass is 79.9. The van der Waals surface area contributed by atoms with Crippen LogP contribution in [0.5, 0.6) is 0 Å². The van der Waals surface area contributed by atoms with Crippen LogP contribution in [0.2, 0.25) is 0 Å². The minimum absolute atomic E-state index is 0.0225. The van der Waals surface area contributed by atoms with Crippen molar-refractivity contribution in [1.29, 1.82) is 0 Å². The Balaban J connectivity index is 1.58. The topological polar surface area (TPSA) is 66.5 Å². The minimum atomic E-state index is -0.553. The van der Waals surface area contributed by atoms with Crippen molar-refractivity contribution in [3.63, 3.8) is 0 Å². The first-order valence-electron chi connectivity index (χ1n) is 7.72. The Kier molecular flexibility index (Phi) is 4.80. The van der Waals surface area contributed by atoms with E-state index in [0.717, 1.165) is 0 Å². The number of amides is 3. The summed E-state index contributed by atoms with van der Waals surface area (Å²) in [5.41, 5.74) is 0.0696. The molecule has 0 bridgehead atoms. The summed E-state index contributed by atoms with van der Waals surface area (Å²) < 4.78 is 14.3. The normalized spacial score (nSPS) is 22.7. The van der Waals surface area contributed by atoms with E-state index in [1.807, 2.05) is 12.2 Å². The summed E-state index contributed by atoms with van der Waals surface area (Å²) in [6.45, 7) is 0.0225. The van der Waals surface area contributed by atoms with Crippen LogP contribution in [0.15, 0.2) is 34.8 Å². The van der Waals surface area contributed by atoms with Crippen molar-refractivity contribution < 1.29 is 18.8 Å². The SMILES string of the molecule is O=C(CCN1C(=O)C2CC=CCC2C1=O)Nc1ccc(Br)cc1F. The third-order valence-corrected chi connectivity index (χ3v) is 4.86. The molecule has 1 aliphatic carbocycles. The maximum atomic E-state index is 13.7. The van der Waals surface area contributed by atoms with Crippen LogP contribution in [0.25, 0.3) is 0 Å². The largest absolute Gasteiger partial charge is 0.324 e. The van der Waals surface area contributed by atoms with E-state index in [1.54, 1.807) is 6.07 Å². The minimum Gasteiger partial charge on any atom is -0.324 e. The molecular weight excluding hydrogens is 379 g/mol. The highest BCUT2D eigenvalue weighted by molar-refractivity contribution is 9.10. The van der Waals surface area contributed by atoms with Crippen molar-refractivity contribution in [2.45, 2.75) is 19.3 Å². The van der Waals surface area contributed by atoms with Crippen molar-refractivity contribution in [2.75, 3.05) is 11.9 Å². The number of hydrogen-bond acceptors (Lipinski definition) is 3. The smallest absolute Gasteiger partial charge is 0.233 e. The quantitative estimate of drug-likeness (QED) is 0.630. The number of halogens is 2. The first kappa shape index (κ1) is 16.8. The van der Waals surface area contributed by atoms with Crippen LogP contribution in [0, 0.1) is 17.7 Å². The molecule has 2 aliphatic rings. The summed E-state index contributed by atoms with van der Waals surface area (Å²) in [5.74, 6) is -2.01. The predicted octanol–water partition coefficient (Wildman–Crippen LogP) is 2.87. The first-order valence-corrected chi connectivity index (χ1v) is 8.52. The second-order valence-electron chi connectivity index (χ2n) is 5.91. The number of carbonyl (C=O) groups excluding carboxylic acids is 3. The van der Waals surface area contributed by atoms with Crippen LogP contribution in [0.4, 0.5) is 10.1 Å². The Labute approximate surface area is 147 Å². The summed E-state index contributed by atoms with van der Waals surface area (Å²) in [6, 6.07) is 4.31. The molecule has 0 aromatic heterocycles. The number of fused-ring (bicyclic) bond motifs is 1. The molecule has 0 spiro atoms. The third-order valence-electron chi connectivity index (χ3n) is 4.37. The van der Waals surface area contributed by atoms with Crippen LogP contribution in [0.1, 0.15) is 19.3 Å². The number of carbonyl (C=O) groups is 3. The van der Waals surface area contributed by atoms with Gasteiger partial charge in [0.15, 0.2) is 0 Å². The van der Waals surface area contributed by atoms with Gasteiger partial charge in [0.05, 0.1) is 17.5 Å². The summed E-state index contributed by atoms with van der Waals surface area (Å²) in [7, 11) is 0. The van der Waals surface area contributed by atoms with Crippen molar-refractivity contribution in [3.05, 3.63) is 40.6 Å². The molecule has 7 heteroatoms. The van der Waals surface area contributed by atoms with Crippen molar-refractivity contribution in [1.82, 2.24) is 4.90 Å². The van der Waals surface area contributed by atoms with E-state index in [9.17, 15) is 18.8 Å². The van der Waals surface area contributed by atoms with Gasteiger partial charge in [-0.25, -0.2) is 4.39 Å². The summed E-state index contributed by atoms with van der Waals surface area (Å²) in [5, 5.41) is 2.46. The molecule has 1 aromatic carbocycles. The maximum Gasteiger partial charge on any atom is 0.233 e. The number of likely N-dealkylation sites (tertiary alicyclic amines) is 1. The zero-order valence-electron chi connectivity index (χ0n) is 12.8. The maximum absolute atomic E-state index is 13.7. The Hall–Kier alpha value is -2.02. The van der Waals surface area contributed by atoms with E-state index >= 15 is 0 Å². The Morgan fingerprint density at radius 3 is 2.42 bits per heavy atom. The molecule has 1 aromatic rings. The molecule has 1 heterocycles. The number of hydrogen-bond donors (Lipinski definition) is 1. The van der Waals surface area contributed by atoms with Crippen molar-refractivity contribution in [2.24, 2.45) is 11.8 Å². The van der Waals surface area contributed by atoms with Gasteiger partial charge in [-0.3, -0.25) is 19.3 Å². The van der Waals surface area contributed by atoms with Gasteiger partial charge in [-0.15, -0.1) is 0 Å². The number of rotatable bonds is 4. The molecule has 5 nitrogen and oxygen atoms in total. The third kappa shape index (κ3) is 3.26. The van der Waals surface area contributed by atoms with Gasteiger partial charge >= 0.3 is 0 Å². The van der Waals surface area contributed by atoms with Gasteiger partial charge in [-0.05, 0) is 31.0 Å². The van der Waals surface area contributed by atoms with E-state index < -0.39 is 11.7 Å². The second kappa shape index (κ2) is 6.84. The summed E-state index contributed by atoms with van der Waals surface area (Å²) in [4.78, 5) is 37.7. The monoisotopic (exact) mass is 394 g/mol. The molecule has 126 valence electrons. The Morgan fingerprint density at radius 1 is 1.21 bits per heavy atom. The van der Waals surface area contributed by atoms with Crippen molar-refractivity contribution in [3.8, 4) is 0 Å². The van der Waals surface area contributed by atoms with Gasteiger partial charge < -0.3 is 5.32 Å². The van der Waals surface area contributed by atoms with Gasteiger partial charge in [-0.2, -0.15) is 0 Å². The Bertz CT molecular complexity index is 709. The lowest BCUT2D eigenvalue weighted by Crippen LogP contribution is -2.34. The average molecular weight is 395 g/mol. The highest BCUT2D eigenvalue weighted by Crippen LogP contribution is 2.35. The fraction of sp³-hybridized carbons (Fsp3) is 0.353. The zero-order chi connectivity index (χ0) is 17.3. The molecule has 1 N–H and O–H groups in total. The lowest BCUT2D eigenvalue weighted by atomic mass is 9.85. The molecule has 1 saturated heterocycles.